The summed E-state index contributed by atoms with van der Waals surface area (Å²) in [6, 6.07) is 1.25. The monoisotopic (exact) mass is 492 g/mol. The van der Waals surface area contributed by atoms with E-state index in [0.29, 0.717) is 24.2 Å². The minimum atomic E-state index is -1.23. The lowest BCUT2D eigenvalue weighted by Crippen LogP contribution is -2.36. The smallest absolute Gasteiger partial charge is 0.341 e. The van der Waals surface area contributed by atoms with Crippen molar-refractivity contribution in [2.75, 3.05) is 19.7 Å². The van der Waals surface area contributed by atoms with E-state index in [4.69, 9.17) is 9.84 Å². The minimum absolute atomic E-state index is 0.202. The molecule has 1 aliphatic heterocycles. The third-order valence-electron chi connectivity index (χ3n) is 3.15. The quantitative estimate of drug-likeness (QED) is 0.438. The Hall–Kier alpha value is -2.07. The van der Waals surface area contributed by atoms with E-state index in [1.54, 1.807) is 17.9 Å². The number of carbonyl (C=O) groups is 2. The molecule has 0 aromatic carbocycles. The SMILES string of the molecule is CCOC(O)=C1C=C(Br)CN(CC)C1=O.O=C(O)c1cc(Br)c[nH]c1=O. The maximum atomic E-state index is 11.8. The van der Waals surface area contributed by atoms with Gasteiger partial charge in [0, 0.05) is 21.7 Å². The van der Waals surface area contributed by atoms with Gasteiger partial charge in [0.1, 0.15) is 11.1 Å². The number of aromatic nitrogens is 1. The van der Waals surface area contributed by atoms with Crippen LogP contribution in [0.4, 0.5) is 0 Å². The molecule has 0 unspecified atom stereocenters. The lowest BCUT2D eigenvalue weighted by atomic mass is 10.1. The number of rotatable bonds is 4. The number of nitrogens with one attached hydrogen (secondary N) is 1. The topological polar surface area (TPSA) is 120 Å². The van der Waals surface area contributed by atoms with Crippen molar-refractivity contribution in [2.45, 2.75) is 13.8 Å². The largest absolute Gasteiger partial charge is 0.480 e. The third kappa shape index (κ3) is 6.03. The molecule has 1 aromatic heterocycles. The summed E-state index contributed by atoms with van der Waals surface area (Å²) in [4.78, 5) is 36.8. The molecule has 0 spiro atoms. The number of aliphatic hydroxyl groups is 1. The van der Waals surface area contributed by atoms with Gasteiger partial charge in [0.25, 0.3) is 17.4 Å². The van der Waals surface area contributed by atoms with Gasteiger partial charge in [-0.25, -0.2) is 4.79 Å². The fourth-order valence-corrected chi connectivity index (χ4v) is 2.80. The van der Waals surface area contributed by atoms with E-state index in [1.165, 1.54) is 12.3 Å². The van der Waals surface area contributed by atoms with Crippen LogP contribution in [-0.4, -0.2) is 51.7 Å². The van der Waals surface area contributed by atoms with Gasteiger partial charge in [0.05, 0.1) is 13.2 Å². The molecule has 0 atom stereocenters. The van der Waals surface area contributed by atoms with Gasteiger partial charge < -0.3 is 24.8 Å². The lowest BCUT2D eigenvalue weighted by molar-refractivity contribution is -0.127. The first kappa shape index (κ1) is 22.0. The van der Waals surface area contributed by atoms with Crippen LogP contribution >= 0.6 is 31.9 Å². The molecule has 0 saturated heterocycles. The third-order valence-corrected chi connectivity index (χ3v) is 4.09. The molecule has 3 N–H and O–H groups in total. The molecule has 2 rings (SSSR count). The van der Waals surface area contributed by atoms with Crippen LogP contribution in [0.15, 0.2) is 43.6 Å². The number of hydrogen-bond acceptors (Lipinski definition) is 5. The predicted octanol–water partition coefficient (Wildman–Crippen LogP) is 2.77. The molecule has 0 bridgehead atoms. The van der Waals surface area contributed by atoms with Crippen LogP contribution in [0.5, 0.6) is 0 Å². The number of ether oxygens (including phenoxy) is 1. The highest BCUT2D eigenvalue weighted by Gasteiger charge is 2.25. The number of pyridine rings is 1. The second-order valence-electron chi connectivity index (χ2n) is 4.93. The number of nitrogens with zero attached hydrogens (tertiary/aromatic N) is 1. The van der Waals surface area contributed by atoms with Gasteiger partial charge in [0.2, 0.25) is 0 Å². The normalized spacial score (nSPS) is 15.6. The van der Waals surface area contributed by atoms with E-state index < -0.39 is 11.5 Å². The maximum Gasteiger partial charge on any atom is 0.341 e. The van der Waals surface area contributed by atoms with Crippen molar-refractivity contribution in [3.8, 4) is 0 Å². The highest BCUT2D eigenvalue weighted by Crippen LogP contribution is 2.22. The second-order valence-corrected chi connectivity index (χ2v) is 6.86. The number of aliphatic hydroxyl groups excluding tert-OH is 1. The molecule has 0 fully saturated rings. The molecule has 0 saturated carbocycles. The Labute approximate surface area is 166 Å². The summed E-state index contributed by atoms with van der Waals surface area (Å²) in [5.41, 5.74) is -0.656. The van der Waals surface area contributed by atoms with Crippen molar-refractivity contribution in [1.29, 1.82) is 0 Å². The standard InChI is InChI=1S/C10H14BrNO3.C6H4BrNO3/c1-3-12-6-7(11)5-8(9(12)13)10(14)15-4-2;7-3-1-4(6(10)11)5(9)8-2-3/h5,14H,3-4,6H2,1-2H3;1-2H,(H,8,9)(H,10,11). The summed E-state index contributed by atoms with van der Waals surface area (Å²) >= 11 is 6.35. The molecule has 1 aromatic rings. The van der Waals surface area contributed by atoms with Crippen molar-refractivity contribution in [3.63, 3.8) is 0 Å². The highest BCUT2D eigenvalue weighted by atomic mass is 79.9. The number of hydrogen-bond donors (Lipinski definition) is 3. The van der Waals surface area contributed by atoms with Gasteiger partial charge >= 0.3 is 5.97 Å². The maximum absolute atomic E-state index is 11.8. The fraction of sp³-hybridized carbons (Fsp3) is 0.312. The number of halogens is 2. The van der Waals surface area contributed by atoms with Crippen molar-refractivity contribution in [2.24, 2.45) is 0 Å². The molecule has 1 amide bonds. The summed E-state index contributed by atoms with van der Waals surface area (Å²) in [5.74, 6) is -1.74. The number of amides is 1. The van der Waals surface area contributed by atoms with Crippen LogP contribution in [0.25, 0.3) is 0 Å². The molecule has 0 radical (unpaired) electrons. The van der Waals surface area contributed by atoms with Crippen LogP contribution in [0.2, 0.25) is 0 Å². The second kappa shape index (κ2) is 10.2. The van der Waals surface area contributed by atoms with Crippen molar-refractivity contribution < 1.29 is 24.5 Å². The predicted molar refractivity (Wildman–Crippen MR) is 102 cm³/mol. The summed E-state index contributed by atoms with van der Waals surface area (Å²) in [6.45, 7) is 5.11. The van der Waals surface area contributed by atoms with Crippen LogP contribution in [0, 0.1) is 0 Å². The highest BCUT2D eigenvalue weighted by molar-refractivity contribution is 9.11. The van der Waals surface area contributed by atoms with E-state index in [0.717, 1.165) is 4.48 Å². The Morgan fingerprint density at radius 2 is 1.96 bits per heavy atom. The van der Waals surface area contributed by atoms with Crippen molar-refractivity contribution in [3.05, 3.63) is 54.7 Å². The molecule has 142 valence electrons. The van der Waals surface area contributed by atoms with E-state index in [9.17, 15) is 19.5 Å². The number of carboxylic acids is 1. The van der Waals surface area contributed by atoms with Gasteiger partial charge in [-0.2, -0.15) is 0 Å². The first-order chi connectivity index (χ1) is 12.2. The summed E-state index contributed by atoms with van der Waals surface area (Å²) in [5, 5.41) is 18.0. The summed E-state index contributed by atoms with van der Waals surface area (Å²) in [6.07, 6.45) is 2.98. The van der Waals surface area contributed by atoms with E-state index in [1.807, 2.05) is 6.92 Å². The Morgan fingerprint density at radius 1 is 1.31 bits per heavy atom. The number of carboxylic acid groups (broad SMARTS) is 1. The van der Waals surface area contributed by atoms with Gasteiger partial charge in [0.15, 0.2) is 0 Å². The number of carbonyl (C=O) groups excluding carboxylic acids is 1. The Morgan fingerprint density at radius 3 is 2.46 bits per heavy atom. The van der Waals surface area contributed by atoms with E-state index in [-0.39, 0.29) is 23.0 Å². The zero-order chi connectivity index (χ0) is 19.9. The molecular formula is C16H18Br2N2O6. The van der Waals surface area contributed by atoms with Crippen LogP contribution < -0.4 is 5.56 Å². The summed E-state index contributed by atoms with van der Waals surface area (Å²) < 4.78 is 6.30. The lowest BCUT2D eigenvalue weighted by Gasteiger charge is -2.25. The number of aromatic amines is 1. The van der Waals surface area contributed by atoms with Crippen LogP contribution in [0.3, 0.4) is 0 Å². The average Bonchev–Trinajstić information content (AvgIpc) is 2.59. The summed E-state index contributed by atoms with van der Waals surface area (Å²) in [7, 11) is 0. The molecular weight excluding hydrogens is 476 g/mol. The van der Waals surface area contributed by atoms with Gasteiger partial charge in [-0.15, -0.1) is 0 Å². The zero-order valence-electron chi connectivity index (χ0n) is 14.1. The molecule has 1 aliphatic rings. The first-order valence-corrected chi connectivity index (χ1v) is 9.12. The minimum Gasteiger partial charge on any atom is -0.480 e. The Balaban J connectivity index is 0.000000273. The van der Waals surface area contributed by atoms with Crippen molar-refractivity contribution in [1.82, 2.24) is 9.88 Å². The molecule has 2 heterocycles. The molecule has 0 aliphatic carbocycles. The zero-order valence-corrected chi connectivity index (χ0v) is 17.3. The molecule has 10 heteroatoms. The Kier molecular flexibility index (Phi) is 8.59. The van der Waals surface area contributed by atoms with E-state index >= 15 is 0 Å². The Bertz CT molecular complexity index is 800. The number of H-pyrrole nitrogens is 1. The van der Waals surface area contributed by atoms with Crippen LogP contribution in [-0.2, 0) is 9.53 Å². The molecule has 8 nitrogen and oxygen atoms in total. The average molecular weight is 494 g/mol. The van der Waals surface area contributed by atoms with Crippen LogP contribution in [0.1, 0.15) is 24.2 Å². The van der Waals surface area contributed by atoms with E-state index in [2.05, 4.69) is 36.8 Å². The van der Waals surface area contributed by atoms with Crippen molar-refractivity contribution >= 4 is 43.7 Å². The first-order valence-electron chi connectivity index (χ1n) is 7.54. The number of likely N-dealkylation sites (N-methyl/N-ethyl adjacent to an activating group) is 1. The van der Waals surface area contributed by atoms with Gasteiger partial charge in [-0.1, -0.05) is 15.9 Å². The van der Waals surface area contributed by atoms with Gasteiger partial charge in [-0.05, 0) is 41.9 Å². The van der Waals surface area contributed by atoms with Gasteiger partial charge in [-0.3, -0.25) is 9.59 Å². The number of aromatic carboxylic acids is 1. The fourth-order valence-electron chi connectivity index (χ4n) is 1.93. The molecule has 26 heavy (non-hydrogen) atoms.